The van der Waals surface area contributed by atoms with Gasteiger partial charge in [-0.05, 0) is 50.2 Å². The number of anilines is 3. The average molecular weight is 376 g/mol. The Hall–Kier alpha value is -3.86. The fraction of sp³-hybridized carbons (Fsp3) is 0.200. The molecule has 1 aromatic carbocycles. The zero-order chi connectivity index (χ0) is 20.1. The second kappa shape index (κ2) is 7.80. The highest BCUT2D eigenvalue weighted by atomic mass is 16.4. The van der Waals surface area contributed by atoms with Gasteiger partial charge in [-0.1, -0.05) is 6.07 Å². The lowest BCUT2D eigenvalue weighted by atomic mass is 10.1. The second-order valence-electron chi connectivity index (χ2n) is 6.91. The van der Waals surface area contributed by atoms with E-state index in [0.29, 0.717) is 17.2 Å². The Kier molecular flexibility index (Phi) is 5.27. The van der Waals surface area contributed by atoms with Crippen molar-refractivity contribution in [3.63, 3.8) is 0 Å². The van der Waals surface area contributed by atoms with Crippen molar-refractivity contribution < 1.29 is 9.90 Å². The van der Waals surface area contributed by atoms with E-state index in [1.165, 1.54) is 0 Å². The number of nitriles is 1. The Bertz CT molecular complexity index is 1060. The Morgan fingerprint density at radius 3 is 2.82 bits per heavy atom. The molecule has 0 atom stereocenters. The summed E-state index contributed by atoms with van der Waals surface area (Å²) in [5, 5.41) is 27.9. The van der Waals surface area contributed by atoms with Crippen LogP contribution in [-0.4, -0.2) is 33.3 Å². The zero-order valence-electron chi connectivity index (χ0n) is 15.5. The fourth-order valence-corrected chi connectivity index (χ4v) is 2.69. The molecule has 0 bridgehead atoms. The van der Waals surface area contributed by atoms with Gasteiger partial charge in [0.2, 0.25) is 0 Å². The number of nitrogens with one attached hydrogen (secondary N) is 3. The minimum absolute atomic E-state index is 0.199. The quantitative estimate of drug-likeness (QED) is 0.517. The first-order valence-corrected chi connectivity index (χ1v) is 8.64. The number of nitrogens with zero attached hydrogens (tertiary/aromatic N) is 3. The third kappa shape index (κ3) is 4.65. The largest absolute Gasteiger partial charge is 0.465 e. The van der Waals surface area contributed by atoms with Gasteiger partial charge in [-0.25, -0.2) is 9.78 Å². The van der Waals surface area contributed by atoms with Crippen LogP contribution >= 0.6 is 0 Å². The maximum atomic E-state index is 10.7. The SMILES string of the molecule is CC(C)(CNC(=O)O)Nc1ccc(C#N)c(Nc2ccc3ncccc3c2)n1. The van der Waals surface area contributed by atoms with E-state index in [9.17, 15) is 10.1 Å². The van der Waals surface area contributed by atoms with Gasteiger partial charge >= 0.3 is 6.09 Å². The first-order chi connectivity index (χ1) is 13.4. The van der Waals surface area contributed by atoms with Crippen LogP contribution in [0.4, 0.5) is 22.1 Å². The highest BCUT2D eigenvalue weighted by Gasteiger charge is 2.19. The van der Waals surface area contributed by atoms with Crippen molar-refractivity contribution in [3.8, 4) is 6.07 Å². The summed E-state index contributed by atoms with van der Waals surface area (Å²) in [5.74, 6) is 0.943. The van der Waals surface area contributed by atoms with Crippen molar-refractivity contribution in [2.24, 2.45) is 0 Å². The highest BCUT2D eigenvalue weighted by Crippen LogP contribution is 2.24. The second-order valence-corrected chi connectivity index (χ2v) is 6.91. The third-order valence-electron chi connectivity index (χ3n) is 4.03. The molecule has 0 radical (unpaired) electrons. The van der Waals surface area contributed by atoms with Crippen LogP contribution in [0.15, 0.2) is 48.7 Å². The van der Waals surface area contributed by atoms with Crippen LogP contribution in [0.2, 0.25) is 0 Å². The normalized spacial score (nSPS) is 10.9. The lowest BCUT2D eigenvalue weighted by Crippen LogP contribution is -2.43. The van der Waals surface area contributed by atoms with Gasteiger partial charge in [-0.2, -0.15) is 5.26 Å². The van der Waals surface area contributed by atoms with Crippen molar-refractivity contribution in [3.05, 3.63) is 54.2 Å². The third-order valence-corrected chi connectivity index (χ3v) is 4.03. The van der Waals surface area contributed by atoms with Gasteiger partial charge in [0.05, 0.1) is 16.6 Å². The minimum atomic E-state index is -1.09. The predicted molar refractivity (Wildman–Crippen MR) is 108 cm³/mol. The monoisotopic (exact) mass is 376 g/mol. The molecule has 0 saturated heterocycles. The summed E-state index contributed by atoms with van der Waals surface area (Å²) in [5.41, 5.74) is 1.50. The number of benzene rings is 1. The molecule has 0 saturated carbocycles. The number of pyridine rings is 2. The van der Waals surface area contributed by atoms with Crippen molar-refractivity contribution in [2.45, 2.75) is 19.4 Å². The Morgan fingerprint density at radius 1 is 1.25 bits per heavy atom. The summed E-state index contributed by atoms with van der Waals surface area (Å²) >= 11 is 0. The molecule has 0 spiro atoms. The summed E-state index contributed by atoms with van der Waals surface area (Å²) in [4.78, 5) is 19.5. The number of carbonyl (C=O) groups is 1. The Labute approximate surface area is 162 Å². The molecule has 0 aliphatic carbocycles. The zero-order valence-corrected chi connectivity index (χ0v) is 15.5. The molecule has 0 fully saturated rings. The number of hydrogen-bond acceptors (Lipinski definition) is 6. The fourth-order valence-electron chi connectivity index (χ4n) is 2.69. The van der Waals surface area contributed by atoms with Crippen molar-refractivity contribution >= 4 is 34.3 Å². The molecular formula is C20H20N6O2. The van der Waals surface area contributed by atoms with Gasteiger partial charge in [0.25, 0.3) is 0 Å². The summed E-state index contributed by atoms with van der Waals surface area (Å²) in [6.45, 7) is 3.91. The van der Waals surface area contributed by atoms with E-state index in [0.717, 1.165) is 16.6 Å². The number of fused-ring (bicyclic) bond motifs is 1. The molecule has 8 nitrogen and oxygen atoms in total. The lowest BCUT2D eigenvalue weighted by molar-refractivity contribution is 0.192. The molecule has 142 valence electrons. The number of amides is 1. The molecule has 4 N–H and O–H groups in total. The topological polar surface area (TPSA) is 123 Å². The van der Waals surface area contributed by atoms with Crippen LogP contribution in [0.25, 0.3) is 10.9 Å². The number of rotatable bonds is 6. The average Bonchev–Trinajstić information content (AvgIpc) is 2.66. The van der Waals surface area contributed by atoms with Crippen LogP contribution in [0.5, 0.6) is 0 Å². The summed E-state index contributed by atoms with van der Waals surface area (Å²) < 4.78 is 0. The van der Waals surface area contributed by atoms with E-state index < -0.39 is 11.6 Å². The van der Waals surface area contributed by atoms with Crippen LogP contribution in [-0.2, 0) is 0 Å². The predicted octanol–water partition coefficient (Wildman–Crippen LogP) is 3.70. The van der Waals surface area contributed by atoms with Crippen LogP contribution < -0.4 is 16.0 Å². The molecule has 3 aromatic rings. The molecule has 8 heteroatoms. The molecule has 2 aromatic heterocycles. The summed E-state index contributed by atoms with van der Waals surface area (Å²) in [6, 6.07) is 15.0. The first kappa shape index (κ1) is 18.9. The number of aromatic nitrogens is 2. The molecule has 0 aliphatic heterocycles. The van der Waals surface area contributed by atoms with Crippen LogP contribution in [0.3, 0.4) is 0 Å². The Balaban J connectivity index is 1.84. The van der Waals surface area contributed by atoms with Crippen LogP contribution in [0.1, 0.15) is 19.4 Å². The van der Waals surface area contributed by atoms with E-state index in [2.05, 4.69) is 32.0 Å². The molecule has 1 amide bonds. The van der Waals surface area contributed by atoms with Crippen molar-refractivity contribution in [2.75, 3.05) is 17.2 Å². The lowest BCUT2D eigenvalue weighted by Gasteiger charge is -2.27. The van der Waals surface area contributed by atoms with Gasteiger partial charge in [0.1, 0.15) is 11.9 Å². The van der Waals surface area contributed by atoms with Gasteiger partial charge in [-0.3, -0.25) is 4.98 Å². The van der Waals surface area contributed by atoms with E-state index in [4.69, 9.17) is 5.11 Å². The molecule has 0 unspecified atom stereocenters. The summed E-state index contributed by atoms with van der Waals surface area (Å²) in [7, 11) is 0. The van der Waals surface area contributed by atoms with Gasteiger partial charge < -0.3 is 21.1 Å². The first-order valence-electron chi connectivity index (χ1n) is 8.64. The number of hydrogen-bond donors (Lipinski definition) is 4. The van der Waals surface area contributed by atoms with Crippen LogP contribution in [0, 0.1) is 11.3 Å². The molecule has 2 heterocycles. The number of carboxylic acid groups (broad SMARTS) is 1. The van der Waals surface area contributed by atoms with Crippen molar-refractivity contribution in [1.82, 2.24) is 15.3 Å². The smallest absolute Gasteiger partial charge is 0.404 e. The standard InChI is InChI=1S/C20H20N6O2/c1-20(2,12-23-19(27)28)26-17-8-5-14(11-21)18(25-17)24-15-6-7-16-13(10-15)4-3-9-22-16/h3-10,23H,12H2,1-2H3,(H,27,28)(H2,24,25,26). The molecule has 0 aliphatic rings. The van der Waals surface area contributed by atoms with E-state index in [1.807, 2.05) is 44.2 Å². The molecule has 3 rings (SSSR count). The Morgan fingerprint density at radius 2 is 2.07 bits per heavy atom. The highest BCUT2D eigenvalue weighted by molar-refractivity contribution is 5.83. The van der Waals surface area contributed by atoms with Gasteiger partial charge in [0.15, 0.2) is 5.82 Å². The molecular weight excluding hydrogens is 356 g/mol. The van der Waals surface area contributed by atoms with E-state index in [1.54, 1.807) is 18.3 Å². The van der Waals surface area contributed by atoms with Crippen molar-refractivity contribution in [1.29, 1.82) is 5.26 Å². The van der Waals surface area contributed by atoms with Gasteiger partial charge in [-0.15, -0.1) is 0 Å². The van der Waals surface area contributed by atoms with E-state index >= 15 is 0 Å². The van der Waals surface area contributed by atoms with Gasteiger partial charge in [0, 0.05) is 23.8 Å². The maximum absolute atomic E-state index is 10.7. The summed E-state index contributed by atoms with van der Waals surface area (Å²) in [6.07, 6.45) is 0.650. The molecule has 28 heavy (non-hydrogen) atoms. The van der Waals surface area contributed by atoms with E-state index in [-0.39, 0.29) is 6.54 Å². The maximum Gasteiger partial charge on any atom is 0.404 e. The minimum Gasteiger partial charge on any atom is -0.465 e.